The van der Waals surface area contributed by atoms with E-state index in [1.807, 2.05) is 0 Å². The van der Waals surface area contributed by atoms with Crippen molar-refractivity contribution in [1.82, 2.24) is 14.3 Å². The summed E-state index contributed by atoms with van der Waals surface area (Å²) < 4.78 is 13.8. The molecule has 90 valence electrons. The van der Waals surface area contributed by atoms with Crippen LogP contribution in [0.1, 0.15) is 23.2 Å². The molecule has 2 aromatic rings. The van der Waals surface area contributed by atoms with Gasteiger partial charge in [0.15, 0.2) is 5.69 Å². The molecule has 2 rings (SSSR count). The zero-order valence-corrected chi connectivity index (χ0v) is 10.1. The Morgan fingerprint density at radius 1 is 1.59 bits per heavy atom. The average Bonchev–Trinajstić information content (AvgIpc) is 2.89. The summed E-state index contributed by atoms with van der Waals surface area (Å²) in [5.41, 5.74) is 0.121. The predicted molar refractivity (Wildman–Crippen MR) is 60.4 cm³/mol. The normalized spacial score (nSPS) is 10.2. The van der Waals surface area contributed by atoms with Crippen LogP contribution in [0.4, 0.5) is 11.1 Å². The largest absolute Gasteiger partial charge is 0.461 e. The Kier molecular flexibility index (Phi) is 3.33. The van der Waals surface area contributed by atoms with Crippen molar-refractivity contribution in [3.63, 3.8) is 0 Å². The van der Waals surface area contributed by atoms with E-state index in [9.17, 15) is 4.79 Å². The van der Waals surface area contributed by atoms with Gasteiger partial charge in [-0.15, -0.1) is 0 Å². The lowest BCUT2D eigenvalue weighted by Gasteiger charge is -1.95. The maximum atomic E-state index is 11.3. The fraction of sp³-hybridized carbons (Fsp3) is 0.333. The van der Waals surface area contributed by atoms with Crippen molar-refractivity contribution in [3.05, 3.63) is 17.8 Å². The van der Waals surface area contributed by atoms with E-state index in [0.29, 0.717) is 17.6 Å². The maximum Gasteiger partial charge on any atom is 0.360 e. The molecule has 0 aliphatic rings. The van der Waals surface area contributed by atoms with E-state index < -0.39 is 5.97 Å². The Balaban J connectivity index is 2.06. The average molecular weight is 254 g/mol. The topological polar surface area (TPSA) is 90.1 Å². The van der Waals surface area contributed by atoms with E-state index in [-0.39, 0.29) is 11.7 Å². The van der Waals surface area contributed by atoms with Crippen LogP contribution in [0.15, 0.2) is 10.7 Å². The minimum absolute atomic E-state index is 0.121. The highest BCUT2D eigenvalue weighted by Crippen LogP contribution is 2.17. The lowest BCUT2D eigenvalue weighted by atomic mass is 10.5. The van der Waals surface area contributed by atoms with Gasteiger partial charge < -0.3 is 9.15 Å². The second-order valence-electron chi connectivity index (χ2n) is 3.03. The Labute approximate surface area is 101 Å². The number of aryl methyl sites for hydroxylation is 1. The van der Waals surface area contributed by atoms with Gasteiger partial charge in [0.05, 0.1) is 6.61 Å². The summed E-state index contributed by atoms with van der Waals surface area (Å²) in [5, 5.41) is 3.36. The van der Waals surface area contributed by atoms with Crippen LogP contribution in [0.3, 0.4) is 0 Å². The van der Waals surface area contributed by atoms with Crippen LogP contribution >= 0.6 is 11.5 Å². The molecule has 0 aliphatic carbocycles. The molecule has 1 N–H and O–H groups in total. The molecule has 2 heterocycles. The van der Waals surface area contributed by atoms with Gasteiger partial charge in [0.25, 0.3) is 0 Å². The van der Waals surface area contributed by atoms with Gasteiger partial charge in [-0.1, -0.05) is 0 Å². The molecular formula is C9H10N4O3S. The molecule has 2 aromatic heterocycles. The molecule has 8 heteroatoms. The molecule has 0 spiro atoms. The van der Waals surface area contributed by atoms with Crippen LogP contribution in [0, 0.1) is 6.92 Å². The van der Waals surface area contributed by atoms with Gasteiger partial charge in [0.2, 0.25) is 5.13 Å². The predicted octanol–water partition coefficient (Wildman–Crippen LogP) is 1.75. The molecule has 0 aliphatic heterocycles. The lowest BCUT2D eigenvalue weighted by molar-refractivity contribution is 0.0519. The first kappa shape index (κ1) is 11.5. The molecular weight excluding hydrogens is 244 g/mol. The summed E-state index contributed by atoms with van der Waals surface area (Å²) in [5.74, 6) is 0.146. The van der Waals surface area contributed by atoms with Gasteiger partial charge in [0, 0.05) is 11.5 Å². The third kappa shape index (κ3) is 2.78. The summed E-state index contributed by atoms with van der Waals surface area (Å²) in [6.45, 7) is 3.80. The van der Waals surface area contributed by atoms with Crippen LogP contribution < -0.4 is 5.32 Å². The molecule has 0 bridgehead atoms. The smallest absolute Gasteiger partial charge is 0.360 e. The maximum absolute atomic E-state index is 11.3. The molecule has 0 atom stereocenters. The van der Waals surface area contributed by atoms with Gasteiger partial charge in [-0.25, -0.2) is 9.78 Å². The van der Waals surface area contributed by atoms with Crippen molar-refractivity contribution in [1.29, 1.82) is 0 Å². The first-order valence-electron chi connectivity index (χ1n) is 4.89. The minimum atomic E-state index is -0.516. The zero-order chi connectivity index (χ0) is 12.3. The molecule has 0 radical (unpaired) electrons. The fourth-order valence-corrected chi connectivity index (χ4v) is 1.63. The molecule has 0 unspecified atom stereocenters. The van der Waals surface area contributed by atoms with Crippen molar-refractivity contribution in [2.75, 3.05) is 11.9 Å². The second kappa shape index (κ2) is 4.91. The van der Waals surface area contributed by atoms with E-state index in [1.54, 1.807) is 13.8 Å². The monoisotopic (exact) mass is 254 g/mol. The van der Waals surface area contributed by atoms with Crippen LogP contribution in [0.5, 0.6) is 0 Å². The number of carbonyl (C=O) groups is 1. The van der Waals surface area contributed by atoms with Gasteiger partial charge in [-0.3, -0.25) is 5.32 Å². The summed E-state index contributed by atoms with van der Waals surface area (Å²) in [4.78, 5) is 19.3. The van der Waals surface area contributed by atoms with Crippen LogP contribution in [-0.2, 0) is 4.74 Å². The Hall–Kier alpha value is -1.96. The Bertz CT molecular complexity index is 522. The second-order valence-corrected chi connectivity index (χ2v) is 3.78. The summed E-state index contributed by atoms with van der Waals surface area (Å²) in [6.07, 6.45) is 1.23. The quantitative estimate of drug-likeness (QED) is 0.831. The highest BCUT2D eigenvalue weighted by Gasteiger charge is 2.13. The number of esters is 1. The number of oxazole rings is 1. The van der Waals surface area contributed by atoms with Crippen molar-refractivity contribution in [2.45, 2.75) is 13.8 Å². The van der Waals surface area contributed by atoms with Crippen LogP contribution in [0.2, 0.25) is 0 Å². The van der Waals surface area contributed by atoms with Crippen LogP contribution in [0.25, 0.3) is 0 Å². The van der Waals surface area contributed by atoms with Gasteiger partial charge in [-0.2, -0.15) is 9.36 Å². The number of hydrogen-bond donors (Lipinski definition) is 1. The Morgan fingerprint density at radius 2 is 2.41 bits per heavy atom. The molecule has 0 fully saturated rings. The minimum Gasteiger partial charge on any atom is -0.461 e. The van der Waals surface area contributed by atoms with E-state index in [4.69, 9.17) is 9.15 Å². The van der Waals surface area contributed by atoms with Crippen LogP contribution in [-0.4, -0.2) is 26.9 Å². The fourth-order valence-electron chi connectivity index (χ4n) is 1.07. The molecule has 0 aromatic carbocycles. The van der Waals surface area contributed by atoms with Gasteiger partial charge >= 0.3 is 12.0 Å². The standard InChI is InChI=1S/C9H10N4O3S/c1-3-15-7(14)6-4-16-8(11-6)12-9-10-5(2)13-17-9/h4H,3H2,1-2H3,(H,10,11,12,13). The number of aromatic nitrogens is 3. The SMILES string of the molecule is CCOC(=O)c1coc(Nc2nc(C)ns2)n1. The number of ether oxygens (including phenoxy) is 1. The van der Waals surface area contributed by atoms with E-state index in [2.05, 4.69) is 19.7 Å². The number of hydrogen-bond acceptors (Lipinski definition) is 8. The number of carbonyl (C=O) groups excluding carboxylic acids is 1. The molecule has 0 saturated heterocycles. The van der Waals surface area contributed by atoms with E-state index in [1.165, 1.54) is 17.8 Å². The molecule has 17 heavy (non-hydrogen) atoms. The first-order chi connectivity index (χ1) is 8.19. The molecule has 0 saturated carbocycles. The Morgan fingerprint density at radius 3 is 3.06 bits per heavy atom. The van der Waals surface area contributed by atoms with Crippen molar-refractivity contribution < 1.29 is 13.9 Å². The highest BCUT2D eigenvalue weighted by atomic mass is 32.1. The molecule has 0 amide bonds. The van der Waals surface area contributed by atoms with Crippen molar-refractivity contribution in [2.24, 2.45) is 0 Å². The number of nitrogens with one attached hydrogen (secondary N) is 1. The summed E-state index contributed by atoms with van der Waals surface area (Å²) in [7, 11) is 0. The van der Waals surface area contributed by atoms with Crippen molar-refractivity contribution in [3.8, 4) is 0 Å². The third-order valence-electron chi connectivity index (χ3n) is 1.73. The third-order valence-corrected chi connectivity index (χ3v) is 2.45. The lowest BCUT2D eigenvalue weighted by Crippen LogP contribution is -2.04. The van der Waals surface area contributed by atoms with E-state index in [0.717, 1.165) is 0 Å². The first-order valence-corrected chi connectivity index (χ1v) is 5.66. The summed E-state index contributed by atoms with van der Waals surface area (Å²) in [6, 6.07) is 0.184. The van der Waals surface area contributed by atoms with E-state index >= 15 is 0 Å². The van der Waals surface area contributed by atoms with Gasteiger partial charge in [-0.05, 0) is 13.8 Å². The number of nitrogens with zero attached hydrogens (tertiary/aromatic N) is 3. The number of rotatable bonds is 4. The zero-order valence-electron chi connectivity index (χ0n) is 9.26. The number of anilines is 2. The van der Waals surface area contributed by atoms with Crippen molar-refractivity contribution >= 4 is 28.6 Å². The summed E-state index contributed by atoms with van der Waals surface area (Å²) >= 11 is 1.18. The van der Waals surface area contributed by atoms with Gasteiger partial charge in [0.1, 0.15) is 12.1 Å². The highest BCUT2D eigenvalue weighted by molar-refractivity contribution is 7.09. The molecule has 7 nitrogen and oxygen atoms in total.